The summed E-state index contributed by atoms with van der Waals surface area (Å²) in [4.78, 5) is 12.0. The van der Waals surface area contributed by atoms with Gasteiger partial charge in [-0.3, -0.25) is 4.79 Å². The van der Waals surface area contributed by atoms with Crippen molar-refractivity contribution in [3.63, 3.8) is 0 Å². The van der Waals surface area contributed by atoms with Crippen LogP contribution in [-0.2, 0) is 11.3 Å². The largest absolute Gasteiger partial charge is 0.493 e. The van der Waals surface area contributed by atoms with E-state index in [1.165, 1.54) is 12.8 Å². The van der Waals surface area contributed by atoms with Crippen LogP contribution in [-0.4, -0.2) is 44.8 Å². The maximum absolute atomic E-state index is 12.0. The van der Waals surface area contributed by atoms with Crippen LogP contribution in [0.25, 0.3) is 0 Å². The number of rotatable bonds is 8. The summed E-state index contributed by atoms with van der Waals surface area (Å²) in [7, 11) is 1.61. The summed E-state index contributed by atoms with van der Waals surface area (Å²) in [5.74, 6) is 1.75. The summed E-state index contributed by atoms with van der Waals surface area (Å²) in [6.45, 7) is 9.76. The first-order chi connectivity index (χ1) is 12.8. The quantitative estimate of drug-likeness (QED) is 0.578. The smallest absolute Gasteiger partial charge is 0.258 e. The maximum atomic E-state index is 12.0. The van der Waals surface area contributed by atoms with Gasteiger partial charge in [0.05, 0.1) is 7.11 Å². The first-order valence-electron chi connectivity index (χ1n) is 9.50. The Labute approximate surface area is 170 Å². The molecule has 1 saturated heterocycles. The molecule has 0 radical (unpaired) electrons. The molecule has 2 rings (SSSR count). The summed E-state index contributed by atoms with van der Waals surface area (Å²) in [6, 6.07) is 3.82. The lowest BCUT2D eigenvalue weighted by atomic mass is 9.98. The highest BCUT2D eigenvalue weighted by molar-refractivity contribution is 9.10. The van der Waals surface area contributed by atoms with E-state index in [0.717, 1.165) is 42.1 Å². The van der Waals surface area contributed by atoms with E-state index in [-0.39, 0.29) is 18.1 Å². The average Bonchev–Trinajstić information content (AvgIpc) is 2.61. The van der Waals surface area contributed by atoms with Gasteiger partial charge in [0.2, 0.25) is 0 Å². The minimum Gasteiger partial charge on any atom is -0.493 e. The van der Waals surface area contributed by atoms with E-state index >= 15 is 0 Å². The van der Waals surface area contributed by atoms with Crippen molar-refractivity contribution >= 4 is 21.8 Å². The maximum Gasteiger partial charge on any atom is 0.258 e. The molecular formula is C20H32BrN3O3. The molecule has 7 heteroatoms. The lowest BCUT2D eigenvalue weighted by Crippen LogP contribution is -2.43. The number of hydrogen-bond donors (Lipinski definition) is 3. The van der Waals surface area contributed by atoms with Crippen LogP contribution in [0.2, 0.25) is 0 Å². The Balaban J connectivity index is 1.91. The number of nitrogens with one attached hydrogen (secondary N) is 3. The third kappa shape index (κ3) is 7.68. The third-order valence-electron chi connectivity index (χ3n) is 4.41. The lowest BCUT2D eigenvalue weighted by Gasteiger charge is -2.23. The van der Waals surface area contributed by atoms with Crippen molar-refractivity contribution in [3.05, 3.63) is 22.2 Å². The number of carbonyl (C=O) groups excluding carboxylic acids is 1. The predicted molar refractivity (Wildman–Crippen MR) is 111 cm³/mol. The molecular weight excluding hydrogens is 410 g/mol. The van der Waals surface area contributed by atoms with Gasteiger partial charge in [0.25, 0.3) is 5.91 Å². The predicted octanol–water partition coefficient (Wildman–Crippen LogP) is 2.84. The van der Waals surface area contributed by atoms with Crippen molar-refractivity contribution in [2.45, 2.75) is 45.7 Å². The summed E-state index contributed by atoms with van der Waals surface area (Å²) >= 11 is 3.61. The molecule has 3 N–H and O–H groups in total. The number of amides is 1. The minimum absolute atomic E-state index is 0.0482. The van der Waals surface area contributed by atoms with E-state index in [1.54, 1.807) is 7.11 Å². The SMILES string of the molecule is COc1cc(CNCC2CCNCC2)c(Br)cc1OCC(=O)NC(C)(C)C. The van der Waals surface area contributed by atoms with Gasteiger partial charge in [0.15, 0.2) is 18.1 Å². The van der Waals surface area contributed by atoms with Crippen molar-refractivity contribution < 1.29 is 14.3 Å². The molecule has 1 aliphatic rings. The van der Waals surface area contributed by atoms with Crippen LogP contribution in [0.1, 0.15) is 39.2 Å². The monoisotopic (exact) mass is 441 g/mol. The van der Waals surface area contributed by atoms with Gasteiger partial charge in [-0.25, -0.2) is 0 Å². The van der Waals surface area contributed by atoms with Crippen LogP contribution < -0.4 is 25.4 Å². The van der Waals surface area contributed by atoms with E-state index in [0.29, 0.717) is 11.5 Å². The Morgan fingerprint density at radius 3 is 2.59 bits per heavy atom. The fourth-order valence-corrected chi connectivity index (χ4v) is 3.54. The molecule has 1 aromatic carbocycles. The molecule has 1 amide bonds. The van der Waals surface area contributed by atoms with E-state index < -0.39 is 0 Å². The Morgan fingerprint density at radius 1 is 1.26 bits per heavy atom. The molecule has 0 aliphatic carbocycles. The van der Waals surface area contributed by atoms with E-state index in [1.807, 2.05) is 32.9 Å². The zero-order valence-corrected chi connectivity index (χ0v) is 18.4. The second-order valence-corrected chi connectivity index (χ2v) is 8.86. The van der Waals surface area contributed by atoms with Gasteiger partial charge in [0.1, 0.15) is 0 Å². The fraction of sp³-hybridized carbons (Fsp3) is 0.650. The second kappa shape index (κ2) is 10.3. The molecule has 6 nitrogen and oxygen atoms in total. The number of benzene rings is 1. The number of piperidine rings is 1. The summed E-state index contributed by atoms with van der Waals surface area (Å²) in [5.41, 5.74) is 0.821. The van der Waals surface area contributed by atoms with Gasteiger partial charge >= 0.3 is 0 Å². The third-order valence-corrected chi connectivity index (χ3v) is 5.15. The Kier molecular flexibility index (Phi) is 8.38. The van der Waals surface area contributed by atoms with Crippen molar-refractivity contribution in [1.82, 2.24) is 16.0 Å². The molecule has 0 saturated carbocycles. The summed E-state index contributed by atoms with van der Waals surface area (Å²) in [5, 5.41) is 9.81. The first kappa shape index (κ1) is 22.0. The van der Waals surface area contributed by atoms with Gasteiger partial charge in [-0.05, 0) is 76.9 Å². The molecule has 1 heterocycles. The molecule has 0 spiro atoms. The molecule has 0 atom stereocenters. The standard InChI is InChI=1S/C20H32BrN3O3/c1-20(2,3)24-19(25)13-27-18-10-16(21)15(9-17(18)26-4)12-23-11-14-5-7-22-8-6-14/h9-10,14,22-23H,5-8,11-13H2,1-4H3,(H,24,25). The number of halogens is 1. The van der Waals surface area contributed by atoms with Gasteiger partial charge in [0, 0.05) is 16.6 Å². The molecule has 0 bridgehead atoms. The number of hydrogen-bond acceptors (Lipinski definition) is 5. The van der Waals surface area contributed by atoms with Crippen molar-refractivity contribution in [1.29, 1.82) is 0 Å². The highest BCUT2D eigenvalue weighted by Crippen LogP contribution is 2.33. The Bertz CT molecular complexity index is 626. The zero-order chi connectivity index (χ0) is 19.9. The molecule has 0 aromatic heterocycles. The van der Waals surface area contributed by atoms with Crippen LogP contribution in [0.15, 0.2) is 16.6 Å². The van der Waals surface area contributed by atoms with E-state index in [2.05, 4.69) is 31.9 Å². The number of carbonyl (C=O) groups is 1. The summed E-state index contributed by atoms with van der Waals surface area (Å²) < 4.78 is 12.1. The average molecular weight is 442 g/mol. The highest BCUT2D eigenvalue weighted by atomic mass is 79.9. The van der Waals surface area contributed by atoms with Gasteiger partial charge in [-0.2, -0.15) is 0 Å². The van der Waals surface area contributed by atoms with Crippen LogP contribution in [0.3, 0.4) is 0 Å². The van der Waals surface area contributed by atoms with Crippen LogP contribution in [0.4, 0.5) is 0 Å². The molecule has 27 heavy (non-hydrogen) atoms. The molecule has 0 unspecified atom stereocenters. The summed E-state index contributed by atoms with van der Waals surface area (Å²) in [6.07, 6.45) is 2.45. The highest BCUT2D eigenvalue weighted by Gasteiger charge is 2.17. The van der Waals surface area contributed by atoms with Gasteiger partial charge < -0.3 is 25.4 Å². The van der Waals surface area contributed by atoms with Crippen molar-refractivity contribution in [3.8, 4) is 11.5 Å². The van der Waals surface area contributed by atoms with Crippen molar-refractivity contribution in [2.24, 2.45) is 5.92 Å². The first-order valence-corrected chi connectivity index (χ1v) is 10.3. The number of methoxy groups -OCH3 is 1. The Morgan fingerprint density at radius 2 is 1.96 bits per heavy atom. The molecule has 1 aromatic rings. The lowest BCUT2D eigenvalue weighted by molar-refractivity contribution is -0.124. The van der Waals surface area contributed by atoms with Crippen molar-refractivity contribution in [2.75, 3.05) is 33.4 Å². The van der Waals surface area contributed by atoms with E-state index in [9.17, 15) is 4.79 Å². The normalized spacial score (nSPS) is 15.4. The topological polar surface area (TPSA) is 71.6 Å². The Hall–Kier alpha value is -1.31. The van der Waals surface area contributed by atoms with Gasteiger partial charge in [-0.15, -0.1) is 0 Å². The minimum atomic E-state index is -0.283. The van der Waals surface area contributed by atoms with Crippen LogP contribution >= 0.6 is 15.9 Å². The van der Waals surface area contributed by atoms with E-state index in [4.69, 9.17) is 9.47 Å². The fourth-order valence-electron chi connectivity index (χ4n) is 3.08. The van der Waals surface area contributed by atoms with Crippen LogP contribution in [0.5, 0.6) is 11.5 Å². The zero-order valence-electron chi connectivity index (χ0n) is 16.8. The molecule has 1 aliphatic heterocycles. The number of ether oxygens (including phenoxy) is 2. The van der Waals surface area contributed by atoms with Gasteiger partial charge in [-0.1, -0.05) is 15.9 Å². The second-order valence-electron chi connectivity index (χ2n) is 8.01. The molecule has 1 fully saturated rings. The van der Waals surface area contributed by atoms with Crippen LogP contribution in [0, 0.1) is 5.92 Å². The molecule has 152 valence electrons.